The fourth-order valence-electron chi connectivity index (χ4n) is 3.21. The molecule has 0 fully saturated rings. The minimum Gasteiger partial charge on any atom is -0.292 e. The van der Waals surface area contributed by atoms with Gasteiger partial charge in [0.15, 0.2) is 0 Å². The van der Waals surface area contributed by atoms with E-state index in [9.17, 15) is 22.8 Å². The first-order valence-electron chi connectivity index (χ1n) is 9.19. The van der Waals surface area contributed by atoms with E-state index in [-0.39, 0.29) is 21.4 Å². The van der Waals surface area contributed by atoms with Gasteiger partial charge < -0.3 is 0 Å². The van der Waals surface area contributed by atoms with Crippen molar-refractivity contribution in [2.45, 2.75) is 20.0 Å². The van der Waals surface area contributed by atoms with E-state index in [2.05, 4.69) is 15.6 Å². The quantitative estimate of drug-likeness (QED) is 0.439. The molecule has 0 saturated carbocycles. The summed E-state index contributed by atoms with van der Waals surface area (Å²) in [5.74, 6) is -0.682. The van der Waals surface area contributed by atoms with Gasteiger partial charge in [0.1, 0.15) is 5.82 Å². The van der Waals surface area contributed by atoms with Gasteiger partial charge >= 0.3 is 12.2 Å². The van der Waals surface area contributed by atoms with Crippen LogP contribution in [0.25, 0.3) is 11.1 Å². The highest BCUT2D eigenvalue weighted by Gasteiger charge is 2.30. The lowest BCUT2D eigenvalue weighted by atomic mass is 9.97. The second kappa shape index (κ2) is 9.18. The van der Waals surface area contributed by atoms with Crippen molar-refractivity contribution in [1.82, 2.24) is 10.3 Å². The number of imide groups is 1. The summed E-state index contributed by atoms with van der Waals surface area (Å²) in [5, 5.41) is 4.71. The van der Waals surface area contributed by atoms with Crippen molar-refractivity contribution in [2.75, 3.05) is 5.32 Å². The maximum Gasteiger partial charge on any atom is 0.416 e. The van der Waals surface area contributed by atoms with E-state index in [1.165, 1.54) is 24.3 Å². The number of rotatable bonds is 3. The van der Waals surface area contributed by atoms with Gasteiger partial charge in [-0.05, 0) is 55.3 Å². The minimum absolute atomic E-state index is 0.0498. The fourth-order valence-corrected chi connectivity index (χ4v) is 3.78. The van der Waals surface area contributed by atoms with Gasteiger partial charge in [-0.15, -0.1) is 0 Å². The van der Waals surface area contributed by atoms with Crippen LogP contribution in [-0.4, -0.2) is 16.9 Å². The van der Waals surface area contributed by atoms with Crippen LogP contribution in [0.1, 0.15) is 27.2 Å². The molecule has 3 amide bonds. The molecule has 0 saturated heterocycles. The van der Waals surface area contributed by atoms with E-state index in [0.717, 1.165) is 12.1 Å². The number of aromatic nitrogens is 1. The Balaban J connectivity index is 1.81. The van der Waals surface area contributed by atoms with E-state index in [1.54, 1.807) is 26.0 Å². The third kappa shape index (κ3) is 5.20. The Kier molecular flexibility index (Phi) is 6.76. The molecule has 0 unspecified atom stereocenters. The fraction of sp³-hybridized carbons (Fsp3) is 0.136. The molecule has 0 bridgehead atoms. The third-order valence-electron chi connectivity index (χ3n) is 4.53. The molecule has 0 radical (unpaired) electrons. The first-order valence-corrected chi connectivity index (χ1v) is 9.95. The van der Waals surface area contributed by atoms with Gasteiger partial charge in [-0.25, -0.2) is 9.78 Å². The molecule has 0 aliphatic rings. The Morgan fingerprint density at radius 1 is 0.969 bits per heavy atom. The van der Waals surface area contributed by atoms with E-state index in [1.807, 2.05) is 0 Å². The van der Waals surface area contributed by atoms with Crippen LogP contribution in [0, 0.1) is 13.8 Å². The summed E-state index contributed by atoms with van der Waals surface area (Å²) in [5.41, 5.74) is 1.04. The zero-order chi connectivity index (χ0) is 23.6. The lowest BCUT2D eigenvalue weighted by molar-refractivity contribution is -0.137. The number of hydrogen-bond donors (Lipinski definition) is 2. The summed E-state index contributed by atoms with van der Waals surface area (Å²) in [6.45, 7) is 3.29. The van der Waals surface area contributed by atoms with Crippen LogP contribution in [0.3, 0.4) is 0 Å². The number of nitrogens with zero attached hydrogens (tertiary/aromatic N) is 1. The predicted molar refractivity (Wildman–Crippen MR) is 117 cm³/mol. The van der Waals surface area contributed by atoms with Gasteiger partial charge in [0, 0.05) is 11.3 Å². The maximum absolute atomic E-state index is 13.1. The summed E-state index contributed by atoms with van der Waals surface area (Å²) in [4.78, 5) is 28.8. The van der Waals surface area contributed by atoms with Crippen molar-refractivity contribution < 1.29 is 22.8 Å². The van der Waals surface area contributed by atoms with Gasteiger partial charge in [-0.3, -0.25) is 15.4 Å². The predicted octanol–water partition coefficient (Wildman–Crippen LogP) is 6.65. The van der Waals surface area contributed by atoms with E-state index < -0.39 is 23.7 Å². The molecule has 5 nitrogen and oxygen atoms in total. The number of hydrogen-bond acceptors (Lipinski definition) is 3. The van der Waals surface area contributed by atoms with Crippen molar-refractivity contribution in [3.63, 3.8) is 0 Å². The van der Waals surface area contributed by atoms with Crippen molar-refractivity contribution >= 4 is 41.0 Å². The summed E-state index contributed by atoms with van der Waals surface area (Å²) >= 11 is 11.9. The molecule has 1 heterocycles. The molecule has 0 aliphatic heterocycles. The van der Waals surface area contributed by atoms with Crippen LogP contribution in [0.2, 0.25) is 10.0 Å². The van der Waals surface area contributed by atoms with Crippen molar-refractivity contribution in [3.05, 3.63) is 81.0 Å². The summed E-state index contributed by atoms with van der Waals surface area (Å²) in [6, 6.07) is 10.0. The standard InChI is InChI=1S/C22H16Cl2F3N3O2/c1-11-9-17(29-21(32)30-20(31)19-15(23)7-4-8-16(19)24)28-12(2)18(11)13-5-3-6-14(10-13)22(25,26)27/h3-10H,1-2H3,(H2,28,29,30,31,32). The topological polar surface area (TPSA) is 71.1 Å². The lowest BCUT2D eigenvalue weighted by Gasteiger charge is -2.15. The molecule has 2 N–H and O–H groups in total. The number of aryl methyl sites for hydroxylation is 2. The Bertz CT molecular complexity index is 1170. The highest BCUT2D eigenvalue weighted by atomic mass is 35.5. The smallest absolute Gasteiger partial charge is 0.292 e. The third-order valence-corrected chi connectivity index (χ3v) is 5.16. The Labute approximate surface area is 191 Å². The second-order valence-electron chi connectivity index (χ2n) is 6.87. The number of anilines is 1. The molecule has 0 aliphatic carbocycles. The molecule has 0 atom stereocenters. The number of halogens is 5. The molecule has 10 heteroatoms. The number of amides is 3. The molecule has 32 heavy (non-hydrogen) atoms. The van der Waals surface area contributed by atoms with Crippen LogP contribution >= 0.6 is 23.2 Å². The van der Waals surface area contributed by atoms with Gasteiger partial charge in [0.2, 0.25) is 0 Å². The maximum atomic E-state index is 13.1. The van der Waals surface area contributed by atoms with E-state index in [4.69, 9.17) is 23.2 Å². The number of nitrogens with one attached hydrogen (secondary N) is 2. The average molecular weight is 482 g/mol. The van der Waals surface area contributed by atoms with Crippen molar-refractivity contribution in [3.8, 4) is 11.1 Å². The lowest BCUT2D eigenvalue weighted by Crippen LogP contribution is -2.35. The number of carbonyl (C=O) groups is 2. The highest BCUT2D eigenvalue weighted by molar-refractivity contribution is 6.40. The zero-order valence-electron chi connectivity index (χ0n) is 16.8. The average Bonchev–Trinajstić information content (AvgIpc) is 2.66. The monoisotopic (exact) mass is 481 g/mol. The molecule has 166 valence electrons. The van der Waals surface area contributed by atoms with E-state index >= 15 is 0 Å². The Hall–Kier alpha value is -3.10. The summed E-state index contributed by atoms with van der Waals surface area (Å²) in [6.07, 6.45) is -4.47. The molecule has 3 rings (SSSR count). The summed E-state index contributed by atoms with van der Waals surface area (Å²) in [7, 11) is 0. The SMILES string of the molecule is Cc1cc(NC(=O)NC(=O)c2c(Cl)cccc2Cl)nc(C)c1-c1cccc(C(F)(F)F)c1. The van der Waals surface area contributed by atoms with Gasteiger partial charge in [-0.1, -0.05) is 41.4 Å². The normalized spacial score (nSPS) is 11.2. The van der Waals surface area contributed by atoms with Gasteiger partial charge in [0.05, 0.1) is 21.2 Å². The molecule has 2 aromatic carbocycles. The molecular formula is C22H16Cl2F3N3O2. The summed E-state index contributed by atoms with van der Waals surface area (Å²) < 4.78 is 39.2. The molecule has 3 aromatic rings. The molecule has 1 aromatic heterocycles. The molecule has 0 spiro atoms. The van der Waals surface area contributed by atoms with Crippen LogP contribution in [0.4, 0.5) is 23.8 Å². The number of pyridine rings is 1. The van der Waals surface area contributed by atoms with Crippen LogP contribution in [0.5, 0.6) is 0 Å². The largest absolute Gasteiger partial charge is 0.416 e. The highest BCUT2D eigenvalue weighted by Crippen LogP contribution is 2.34. The number of alkyl halides is 3. The first kappa shape index (κ1) is 23.6. The van der Waals surface area contributed by atoms with Crippen LogP contribution < -0.4 is 10.6 Å². The van der Waals surface area contributed by atoms with Crippen LogP contribution in [-0.2, 0) is 6.18 Å². The number of benzene rings is 2. The Morgan fingerprint density at radius 2 is 1.59 bits per heavy atom. The van der Waals surface area contributed by atoms with Crippen molar-refractivity contribution in [2.24, 2.45) is 0 Å². The number of carbonyl (C=O) groups excluding carboxylic acids is 2. The zero-order valence-corrected chi connectivity index (χ0v) is 18.3. The van der Waals surface area contributed by atoms with E-state index in [0.29, 0.717) is 22.4 Å². The Morgan fingerprint density at radius 3 is 2.19 bits per heavy atom. The van der Waals surface area contributed by atoms with Crippen molar-refractivity contribution in [1.29, 1.82) is 0 Å². The minimum atomic E-state index is -4.47. The van der Waals surface area contributed by atoms with Gasteiger partial charge in [0.25, 0.3) is 5.91 Å². The van der Waals surface area contributed by atoms with Crippen LogP contribution in [0.15, 0.2) is 48.5 Å². The second-order valence-corrected chi connectivity index (χ2v) is 7.68. The number of urea groups is 1. The van der Waals surface area contributed by atoms with Gasteiger partial charge in [-0.2, -0.15) is 13.2 Å². The molecular weight excluding hydrogens is 466 g/mol. The first-order chi connectivity index (χ1) is 15.0.